The minimum Gasteiger partial charge on any atom is -0.437 e. The quantitative estimate of drug-likeness (QED) is 0.166. The molecular weight excluding hydrogens is 459 g/mol. The minimum atomic E-state index is -4.08. The van der Waals surface area contributed by atoms with E-state index in [-0.39, 0.29) is 36.1 Å². The van der Waals surface area contributed by atoms with Crippen LogP contribution in [-0.4, -0.2) is 47.9 Å². The Balaban J connectivity index is 2.51. The number of hydrogen-bond acceptors (Lipinski definition) is 10. The van der Waals surface area contributed by atoms with E-state index in [2.05, 4.69) is 0 Å². The van der Waals surface area contributed by atoms with Gasteiger partial charge in [-0.15, -0.1) is 0 Å². The van der Waals surface area contributed by atoms with Crippen LogP contribution in [-0.2, 0) is 42.1 Å². The van der Waals surface area contributed by atoms with E-state index in [1.165, 1.54) is 18.7 Å². The van der Waals surface area contributed by atoms with E-state index in [1.54, 1.807) is 34.6 Å². The molecule has 0 aromatic heterocycles. The van der Waals surface area contributed by atoms with Gasteiger partial charge in [0.1, 0.15) is 11.9 Å². The highest BCUT2D eigenvalue weighted by atomic mass is 32.2. The lowest BCUT2D eigenvalue weighted by molar-refractivity contribution is -0.163. The Morgan fingerprint density at radius 3 is 2.31 bits per heavy atom. The highest BCUT2D eigenvalue weighted by molar-refractivity contribution is 8.13. The summed E-state index contributed by atoms with van der Waals surface area (Å²) in [7, 11) is -4.08. The molecule has 0 amide bonds. The first-order valence-corrected chi connectivity index (χ1v) is 13.0. The zero-order valence-electron chi connectivity index (χ0n) is 19.8. The first-order chi connectivity index (χ1) is 14.7. The van der Waals surface area contributed by atoms with Crippen molar-refractivity contribution in [2.24, 2.45) is 10.8 Å². The van der Waals surface area contributed by atoms with Gasteiger partial charge in [-0.25, -0.2) is 9.09 Å². The van der Waals surface area contributed by atoms with Crippen molar-refractivity contribution in [1.29, 1.82) is 0 Å². The van der Waals surface area contributed by atoms with Gasteiger partial charge in [0.15, 0.2) is 10.9 Å². The predicted molar refractivity (Wildman–Crippen MR) is 120 cm³/mol. The second-order valence-corrected chi connectivity index (χ2v) is 12.3. The summed E-state index contributed by atoms with van der Waals surface area (Å²) < 4.78 is 33.4. The van der Waals surface area contributed by atoms with E-state index in [1.807, 2.05) is 0 Å². The van der Waals surface area contributed by atoms with Crippen LogP contribution >= 0.6 is 19.6 Å². The van der Waals surface area contributed by atoms with Crippen molar-refractivity contribution in [3.8, 4) is 0 Å². The van der Waals surface area contributed by atoms with Crippen molar-refractivity contribution in [2.45, 2.75) is 79.8 Å². The standard InChI is InChI=1S/C21H35O9PS/c1-15(22)32-12-8-10-16(23)9-7-11-17(24)18-21(5,6)13-28-31(26,30-18)29-14-27-19(25)20(2,3)4/h18H,7-14H2,1-6H3/t18-,31+/m0/s1. The molecule has 0 saturated carbocycles. The first kappa shape index (κ1) is 29.0. The summed E-state index contributed by atoms with van der Waals surface area (Å²) in [6.45, 7) is 9.31. The van der Waals surface area contributed by atoms with Crippen LogP contribution < -0.4 is 0 Å². The minimum absolute atomic E-state index is 0.0238. The third kappa shape index (κ3) is 10.3. The van der Waals surface area contributed by atoms with Gasteiger partial charge in [-0.05, 0) is 33.6 Å². The summed E-state index contributed by atoms with van der Waals surface area (Å²) in [4.78, 5) is 47.4. The van der Waals surface area contributed by atoms with Crippen molar-refractivity contribution < 1.29 is 42.1 Å². The van der Waals surface area contributed by atoms with Gasteiger partial charge in [0, 0.05) is 37.4 Å². The second kappa shape index (κ2) is 12.4. The number of Topliss-reactive ketones (excluding diaryl/α,β-unsaturated/α-hetero) is 2. The number of hydrogen-bond donors (Lipinski definition) is 0. The molecule has 32 heavy (non-hydrogen) atoms. The van der Waals surface area contributed by atoms with Gasteiger partial charge < -0.3 is 4.74 Å². The number of rotatable bonds is 12. The maximum Gasteiger partial charge on any atom is 0.478 e. The van der Waals surface area contributed by atoms with Crippen LogP contribution in [0.1, 0.15) is 73.6 Å². The van der Waals surface area contributed by atoms with Crippen molar-refractivity contribution in [3.63, 3.8) is 0 Å². The van der Waals surface area contributed by atoms with Gasteiger partial charge in [-0.3, -0.25) is 28.2 Å². The summed E-state index contributed by atoms with van der Waals surface area (Å²) >= 11 is 1.19. The Labute approximate surface area is 194 Å². The largest absolute Gasteiger partial charge is 0.478 e. The topological polar surface area (TPSA) is 122 Å². The number of ether oxygens (including phenoxy) is 1. The monoisotopic (exact) mass is 494 g/mol. The Morgan fingerprint density at radius 2 is 1.72 bits per heavy atom. The zero-order chi connectivity index (χ0) is 24.6. The normalized spacial score (nSPS) is 22.9. The Morgan fingerprint density at radius 1 is 1.09 bits per heavy atom. The molecule has 1 aliphatic heterocycles. The number of phosphoric ester groups is 1. The van der Waals surface area contributed by atoms with E-state index in [0.717, 1.165) is 0 Å². The molecule has 0 spiro atoms. The van der Waals surface area contributed by atoms with Gasteiger partial charge in [-0.1, -0.05) is 25.6 Å². The molecule has 2 atom stereocenters. The van der Waals surface area contributed by atoms with Crippen LogP contribution in [0.4, 0.5) is 0 Å². The van der Waals surface area contributed by atoms with Gasteiger partial charge in [-0.2, -0.15) is 0 Å². The van der Waals surface area contributed by atoms with Gasteiger partial charge in [0.2, 0.25) is 6.79 Å². The number of carbonyl (C=O) groups is 4. The van der Waals surface area contributed by atoms with Crippen LogP contribution in [0.5, 0.6) is 0 Å². The summed E-state index contributed by atoms with van der Waals surface area (Å²) in [6, 6.07) is 0. The van der Waals surface area contributed by atoms with Crippen molar-refractivity contribution in [2.75, 3.05) is 19.2 Å². The summed E-state index contributed by atoms with van der Waals surface area (Å²) in [5.41, 5.74) is -1.50. The molecule has 11 heteroatoms. The van der Waals surface area contributed by atoms with Crippen molar-refractivity contribution in [3.05, 3.63) is 0 Å². The molecule has 0 aromatic rings. The molecule has 0 bridgehead atoms. The lowest BCUT2D eigenvalue weighted by Crippen LogP contribution is -2.45. The first-order valence-electron chi connectivity index (χ1n) is 10.6. The van der Waals surface area contributed by atoms with Crippen LogP contribution in [0.3, 0.4) is 0 Å². The summed E-state index contributed by atoms with van der Waals surface area (Å²) in [5.74, 6) is -0.207. The lowest BCUT2D eigenvalue weighted by Gasteiger charge is -2.39. The van der Waals surface area contributed by atoms with Crippen LogP contribution in [0.15, 0.2) is 0 Å². The average molecular weight is 495 g/mol. The van der Waals surface area contributed by atoms with E-state index in [0.29, 0.717) is 25.0 Å². The Bertz CT molecular complexity index is 742. The SMILES string of the molecule is CC(=O)SCCCC(=O)CCCC(=O)[C@@H]1O[P@@](=O)(OCOC(=O)C(C)(C)C)OCC1(C)C. The second-order valence-electron chi connectivity index (χ2n) is 9.43. The molecule has 9 nitrogen and oxygen atoms in total. The van der Waals surface area contributed by atoms with Crippen molar-refractivity contribution >= 4 is 42.2 Å². The number of carbonyl (C=O) groups excluding carboxylic acids is 4. The predicted octanol–water partition coefficient (Wildman–Crippen LogP) is 4.47. The number of phosphoric acid groups is 1. The fourth-order valence-corrected chi connectivity index (χ4v) is 4.85. The fourth-order valence-electron chi connectivity index (χ4n) is 2.75. The maximum absolute atomic E-state index is 12.8. The number of esters is 1. The van der Waals surface area contributed by atoms with Crippen molar-refractivity contribution in [1.82, 2.24) is 0 Å². The lowest BCUT2D eigenvalue weighted by atomic mass is 9.84. The smallest absolute Gasteiger partial charge is 0.437 e. The van der Waals surface area contributed by atoms with Crippen LogP contribution in [0, 0.1) is 10.8 Å². The molecule has 1 aliphatic rings. The summed E-state index contributed by atoms with van der Waals surface area (Å²) in [5, 5.41) is 0.0238. The van der Waals surface area contributed by atoms with Gasteiger partial charge in [0.05, 0.1) is 12.0 Å². The van der Waals surface area contributed by atoms with Gasteiger partial charge >= 0.3 is 13.8 Å². The summed E-state index contributed by atoms with van der Waals surface area (Å²) in [6.07, 6.45) is 0.626. The Kier molecular flexibility index (Phi) is 11.2. The van der Waals surface area contributed by atoms with E-state index >= 15 is 0 Å². The third-order valence-corrected chi connectivity index (χ3v) is 6.86. The molecule has 184 valence electrons. The van der Waals surface area contributed by atoms with E-state index < -0.39 is 37.5 Å². The van der Waals surface area contributed by atoms with Gasteiger partial charge in [0.25, 0.3) is 0 Å². The molecule has 0 aromatic carbocycles. The molecule has 1 rings (SSSR count). The fraction of sp³-hybridized carbons (Fsp3) is 0.810. The molecule has 1 heterocycles. The molecule has 1 saturated heterocycles. The highest BCUT2D eigenvalue weighted by Crippen LogP contribution is 2.57. The maximum atomic E-state index is 12.8. The number of ketones is 2. The molecule has 1 fully saturated rings. The Hall–Kier alpha value is -1.06. The van der Waals surface area contributed by atoms with E-state index in [9.17, 15) is 23.7 Å². The van der Waals surface area contributed by atoms with Crippen LogP contribution in [0.25, 0.3) is 0 Å². The highest BCUT2D eigenvalue weighted by Gasteiger charge is 2.48. The molecule has 0 N–H and O–H groups in total. The molecule has 0 unspecified atom stereocenters. The average Bonchev–Trinajstić information content (AvgIpc) is 2.66. The van der Waals surface area contributed by atoms with Crippen LogP contribution in [0.2, 0.25) is 0 Å². The number of thioether (sulfide) groups is 1. The molecular formula is C21H35O9PS. The zero-order valence-corrected chi connectivity index (χ0v) is 21.5. The van der Waals surface area contributed by atoms with E-state index in [4.69, 9.17) is 18.3 Å². The molecule has 0 aliphatic carbocycles. The third-order valence-electron chi connectivity index (χ3n) is 4.63. The molecule has 0 radical (unpaired) electrons.